The second-order valence-corrected chi connectivity index (χ2v) is 3.20. The molecule has 0 heterocycles. The Morgan fingerprint density at radius 3 is 2.47 bits per heavy atom. The van der Waals surface area contributed by atoms with Gasteiger partial charge in [0.05, 0.1) is 0 Å². The van der Waals surface area contributed by atoms with E-state index in [1.54, 1.807) is 0 Å². The first-order valence-electron chi connectivity index (χ1n) is 4.78. The van der Waals surface area contributed by atoms with E-state index in [1.165, 1.54) is 12.3 Å². The summed E-state index contributed by atoms with van der Waals surface area (Å²) in [6.45, 7) is 0. The lowest BCUT2D eigenvalue weighted by atomic mass is 9.94. The first-order chi connectivity index (χ1) is 7.98. The van der Waals surface area contributed by atoms with E-state index >= 15 is 0 Å². The topological polar surface area (TPSA) is 104 Å². The second-order valence-electron chi connectivity index (χ2n) is 3.20. The first kappa shape index (κ1) is 14.7. The third kappa shape index (κ3) is 4.84. The van der Waals surface area contributed by atoms with Crippen molar-refractivity contribution in [3.05, 3.63) is 12.3 Å². The number of aldehydes is 1. The van der Waals surface area contributed by atoms with Crippen molar-refractivity contribution in [3.63, 3.8) is 0 Å². The molecule has 6 nitrogen and oxygen atoms in total. The lowest BCUT2D eigenvalue weighted by Crippen LogP contribution is -2.48. The standard InChI is InChI=1S/C11H13NO5/c1-2-11(10(16)17,6-5-9(14)15)12-7-3-4-8-13/h1,3,7-8,12H,4-6H2,(H,14,15)(H,16,17). The Labute approximate surface area is 98.3 Å². The maximum Gasteiger partial charge on any atom is 0.342 e. The van der Waals surface area contributed by atoms with Gasteiger partial charge in [-0.05, 0) is 6.20 Å². The number of hydrogen-bond donors (Lipinski definition) is 3. The number of carbonyl (C=O) groups is 3. The highest BCUT2D eigenvalue weighted by Crippen LogP contribution is 2.13. The van der Waals surface area contributed by atoms with E-state index in [2.05, 4.69) is 5.32 Å². The molecule has 0 aromatic carbocycles. The molecule has 0 radical (unpaired) electrons. The van der Waals surface area contributed by atoms with E-state index in [-0.39, 0.29) is 19.3 Å². The van der Waals surface area contributed by atoms with Crippen molar-refractivity contribution in [2.24, 2.45) is 0 Å². The Morgan fingerprint density at radius 2 is 2.06 bits per heavy atom. The fourth-order valence-electron chi connectivity index (χ4n) is 1.04. The number of aliphatic carboxylic acids is 2. The van der Waals surface area contributed by atoms with Crippen LogP contribution in [0.4, 0.5) is 0 Å². The van der Waals surface area contributed by atoms with Crippen molar-refractivity contribution in [1.29, 1.82) is 0 Å². The molecule has 0 aliphatic rings. The van der Waals surface area contributed by atoms with Gasteiger partial charge < -0.3 is 20.3 Å². The lowest BCUT2D eigenvalue weighted by molar-refractivity contribution is -0.143. The normalized spacial score (nSPS) is 13.6. The molecule has 3 N–H and O–H groups in total. The van der Waals surface area contributed by atoms with E-state index in [1.807, 2.05) is 5.92 Å². The predicted molar refractivity (Wildman–Crippen MR) is 59.0 cm³/mol. The molecule has 0 saturated carbocycles. The van der Waals surface area contributed by atoms with Gasteiger partial charge in [0.25, 0.3) is 0 Å². The summed E-state index contributed by atoms with van der Waals surface area (Å²) in [5.41, 5.74) is -1.77. The van der Waals surface area contributed by atoms with Gasteiger partial charge in [-0.1, -0.05) is 12.0 Å². The number of carbonyl (C=O) groups excluding carboxylic acids is 1. The van der Waals surface area contributed by atoms with Crippen LogP contribution in [0.15, 0.2) is 12.3 Å². The molecule has 0 saturated heterocycles. The fraction of sp³-hybridized carbons (Fsp3) is 0.364. The second kappa shape index (κ2) is 7.06. The van der Waals surface area contributed by atoms with Crippen LogP contribution < -0.4 is 5.32 Å². The zero-order valence-corrected chi connectivity index (χ0v) is 9.05. The van der Waals surface area contributed by atoms with Crippen LogP contribution in [0.2, 0.25) is 0 Å². The zero-order chi connectivity index (χ0) is 13.3. The van der Waals surface area contributed by atoms with E-state index in [0.717, 1.165) is 0 Å². The summed E-state index contributed by atoms with van der Waals surface area (Å²) in [7, 11) is 0. The molecule has 0 fully saturated rings. The van der Waals surface area contributed by atoms with Crippen LogP contribution in [0.1, 0.15) is 19.3 Å². The summed E-state index contributed by atoms with van der Waals surface area (Å²) in [4.78, 5) is 31.5. The summed E-state index contributed by atoms with van der Waals surface area (Å²) in [5.74, 6) is -0.437. The van der Waals surface area contributed by atoms with E-state index < -0.39 is 17.5 Å². The number of hydrogen-bond acceptors (Lipinski definition) is 4. The molecule has 1 atom stereocenters. The van der Waals surface area contributed by atoms with Gasteiger partial charge in [-0.2, -0.15) is 0 Å². The average molecular weight is 239 g/mol. The van der Waals surface area contributed by atoms with Gasteiger partial charge in [-0.3, -0.25) is 4.79 Å². The molecule has 1 unspecified atom stereocenters. The molecular formula is C11H13NO5. The highest BCUT2D eigenvalue weighted by atomic mass is 16.4. The number of nitrogens with one attached hydrogen (secondary N) is 1. The largest absolute Gasteiger partial charge is 0.481 e. The molecule has 0 aliphatic carbocycles. The van der Waals surface area contributed by atoms with E-state index in [4.69, 9.17) is 16.6 Å². The minimum atomic E-state index is -1.77. The van der Waals surface area contributed by atoms with E-state index in [0.29, 0.717) is 6.29 Å². The molecule has 0 amide bonds. The Bertz CT molecular complexity index is 369. The Balaban J connectivity index is 4.72. The van der Waals surface area contributed by atoms with Crippen LogP contribution in [0.25, 0.3) is 0 Å². The van der Waals surface area contributed by atoms with Crippen LogP contribution in [0.5, 0.6) is 0 Å². The SMILES string of the molecule is C#CC(CCC(=O)O)(NC=CCC=O)C(=O)O. The molecule has 0 bridgehead atoms. The number of allylic oxidation sites excluding steroid dienone is 1. The van der Waals surface area contributed by atoms with Gasteiger partial charge in [-0.25, -0.2) is 4.79 Å². The molecule has 0 aliphatic heterocycles. The fourth-order valence-corrected chi connectivity index (χ4v) is 1.04. The van der Waals surface area contributed by atoms with Crippen LogP contribution in [0.3, 0.4) is 0 Å². The molecular weight excluding hydrogens is 226 g/mol. The van der Waals surface area contributed by atoms with Gasteiger partial charge >= 0.3 is 11.9 Å². The molecule has 0 spiro atoms. The molecule has 17 heavy (non-hydrogen) atoms. The summed E-state index contributed by atoms with van der Waals surface area (Å²) in [5, 5.41) is 19.9. The first-order valence-corrected chi connectivity index (χ1v) is 4.78. The van der Waals surface area contributed by atoms with Gasteiger partial charge in [0.2, 0.25) is 0 Å². The highest BCUT2D eigenvalue weighted by molar-refractivity contribution is 5.84. The van der Waals surface area contributed by atoms with Crippen LogP contribution in [-0.4, -0.2) is 34.0 Å². The van der Waals surface area contributed by atoms with Crippen LogP contribution >= 0.6 is 0 Å². The molecule has 92 valence electrons. The van der Waals surface area contributed by atoms with Gasteiger partial charge in [0, 0.05) is 19.3 Å². The maximum absolute atomic E-state index is 11.0. The number of terminal acetylenes is 1. The smallest absolute Gasteiger partial charge is 0.342 e. The monoisotopic (exact) mass is 239 g/mol. The Kier molecular flexibility index (Phi) is 6.11. The van der Waals surface area contributed by atoms with Crippen molar-refractivity contribution < 1.29 is 24.6 Å². The molecule has 0 aromatic rings. The number of carboxylic acids is 2. The minimum Gasteiger partial charge on any atom is -0.481 e. The van der Waals surface area contributed by atoms with Gasteiger partial charge in [0.15, 0.2) is 5.54 Å². The van der Waals surface area contributed by atoms with Gasteiger partial charge in [0.1, 0.15) is 6.29 Å². The molecule has 6 heteroatoms. The van der Waals surface area contributed by atoms with Crippen LogP contribution in [-0.2, 0) is 14.4 Å². The van der Waals surface area contributed by atoms with Crippen LogP contribution in [0, 0.1) is 12.3 Å². The summed E-state index contributed by atoms with van der Waals surface area (Å²) < 4.78 is 0. The summed E-state index contributed by atoms with van der Waals surface area (Å²) >= 11 is 0. The predicted octanol–water partition coefficient (Wildman–Crippen LogP) is 0.0001000. The third-order valence-corrected chi connectivity index (χ3v) is 2.01. The van der Waals surface area contributed by atoms with Crippen molar-refractivity contribution in [1.82, 2.24) is 5.32 Å². The van der Waals surface area contributed by atoms with Crippen molar-refractivity contribution in [2.75, 3.05) is 0 Å². The Hall–Kier alpha value is -2.29. The lowest BCUT2D eigenvalue weighted by Gasteiger charge is -2.23. The van der Waals surface area contributed by atoms with Crippen molar-refractivity contribution >= 4 is 18.2 Å². The average Bonchev–Trinajstić information content (AvgIpc) is 2.28. The summed E-state index contributed by atoms with van der Waals surface area (Å²) in [6, 6.07) is 0. The number of rotatable bonds is 8. The van der Waals surface area contributed by atoms with Crippen molar-refractivity contribution in [2.45, 2.75) is 24.8 Å². The molecule has 0 rings (SSSR count). The summed E-state index contributed by atoms with van der Waals surface area (Å²) in [6.07, 6.45) is 7.88. The number of carboxylic acid groups (broad SMARTS) is 2. The molecule has 0 aromatic heterocycles. The highest BCUT2D eigenvalue weighted by Gasteiger charge is 2.35. The maximum atomic E-state index is 11.0. The van der Waals surface area contributed by atoms with E-state index in [9.17, 15) is 14.4 Å². The third-order valence-electron chi connectivity index (χ3n) is 2.01. The van der Waals surface area contributed by atoms with Crippen molar-refractivity contribution in [3.8, 4) is 12.3 Å². The zero-order valence-electron chi connectivity index (χ0n) is 9.05. The quantitative estimate of drug-likeness (QED) is 0.407. The Morgan fingerprint density at radius 1 is 1.41 bits per heavy atom. The van der Waals surface area contributed by atoms with Gasteiger partial charge in [-0.15, -0.1) is 6.42 Å². The minimum absolute atomic E-state index is 0.117.